The molecule has 31 heavy (non-hydrogen) atoms. The number of aryl methyl sites for hydroxylation is 2. The molecule has 0 spiro atoms. The summed E-state index contributed by atoms with van der Waals surface area (Å²) in [4.78, 5) is 4.98. The Morgan fingerprint density at radius 1 is 0.742 bits per heavy atom. The van der Waals surface area contributed by atoms with E-state index >= 15 is 0 Å². The second-order valence-corrected chi connectivity index (χ2v) is 8.26. The minimum Gasteiger partial charge on any atom is -0.657 e. The van der Waals surface area contributed by atoms with Gasteiger partial charge in [-0.05, 0) is 42.4 Å². The molecule has 3 aromatic carbocycles. The number of benzene rings is 3. The number of aliphatic imine (C=N–C) groups is 1. The van der Waals surface area contributed by atoms with Crippen LogP contribution in [0, 0.1) is 21.3 Å². The van der Waals surface area contributed by atoms with Crippen molar-refractivity contribution in [1.82, 2.24) is 0 Å². The monoisotopic (exact) mass is 456 g/mol. The summed E-state index contributed by atoms with van der Waals surface area (Å²) in [5.41, 5.74) is 9.06. The third kappa shape index (κ3) is 6.31. The largest absolute Gasteiger partial charge is 2.00 e. The zero-order chi connectivity index (χ0) is 21.0. The molecule has 0 atom stereocenters. The van der Waals surface area contributed by atoms with E-state index in [1.165, 1.54) is 22.3 Å². The second kappa shape index (κ2) is 11.9. The van der Waals surface area contributed by atoms with Crippen LogP contribution in [0.15, 0.2) is 65.7 Å². The van der Waals surface area contributed by atoms with Gasteiger partial charge in [-0.3, -0.25) is 4.99 Å². The molecule has 0 saturated carbocycles. The number of para-hydroxylation sites is 3. The Morgan fingerprint density at radius 2 is 1.26 bits per heavy atom. The molecule has 0 aromatic heterocycles. The number of hydrogen-bond donors (Lipinski definition) is 0. The number of hydrogen-bond acceptors (Lipinski definition) is 1. The molecule has 3 rings (SSSR count). The third-order valence-corrected chi connectivity index (χ3v) is 5.28. The van der Waals surface area contributed by atoms with Gasteiger partial charge in [-0.15, -0.1) is 11.4 Å². The van der Waals surface area contributed by atoms with Crippen molar-refractivity contribution in [3.8, 4) is 0 Å². The van der Waals surface area contributed by atoms with Gasteiger partial charge in [0.25, 0.3) is 0 Å². The first-order valence-corrected chi connectivity index (χ1v) is 10.4. The van der Waals surface area contributed by atoms with Crippen molar-refractivity contribution in [2.75, 3.05) is 0 Å². The summed E-state index contributed by atoms with van der Waals surface area (Å²) in [6.07, 6.45) is 1.97. The molecule has 3 heteroatoms. The van der Waals surface area contributed by atoms with Gasteiger partial charge in [-0.1, -0.05) is 99.5 Å². The summed E-state index contributed by atoms with van der Waals surface area (Å²) in [6.45, 7) is 13.1. The Kier molecular flexibility index (Phi) is 10.2. The summed E-state index contributed by atoms with van der Waals surface area (Å²) in [6, 6.07) is 21.0. The van der Waals surface area contributed by atoms with Gasteiger partial charge in [0.15, 0.2) is 0 Å². The predicted molar refractivity (Wildman–Crippen MR) is 133 cm³/mol. The van der Waals surface area contributed by atoms with Crippen LogP contribution in [0.25, 0.3) is 5.32 Å². The van der Waals surface area contributed by atoms with E-state index in [4.69, 9.17) is 10.3 Å². The van der Waals surface area contributed by atoms with Crippen molar-refractivity contribution in [2.45, 2.75) is 53.4 Å². The van der Waals surface area contributed by atoms with Crippen molar-refractivity contribution < 1.29 is 16.5 Å². The molecule has 0 heterocycles. The maximum Gasteiger partial charge on any atom is 2.00 e. The first-order valence-electron chi connectivity index (χ1n) is 10.4. The van der Waals surface area contributed by atoms with Crippen molar-refractivity contribution in [1.29, 1.82) is 0 Å². The van der Waals surface area contributed by atoms with E-state index in [9.17, 15) is 0 Å². The van der Waals surface area contributed by atoms with Gasteiger partial charge in [0.1, 0.15) is 0 Å². The van der Waals surface area contributed by atoms with E-state index in [0.29, 0.717) is 11.8 Å². The molecule has 0 N–H and O–H groups in total. The third-order valence-electron chi connectivity index (χ3n) is 5.28. The van der Waals surface area contributed by atoms with Gasteiger partial charge in [-0.25, -0.2) is 0 Å². The fraction of sp³-hybridized carbons (Fsp3) is 0.286. The van der Waals surface area contributed by atoms with E-state index in [1.54, 1.807) is 0 Å². The summed E-state index contributed by atoms with van der Waals surface area (Å²) in [5, 5.41) is 4.98. The smallest absolute Gasteiger partial charge is 0.657 e. The molecule has 2 nitrogen and oxygen atoms in total. The zero-order valence-electron chi connectivity index (χ0n) is 19.7. The molecular formula is C28H34N2Ni. The first-order chi connectivity index (χ1) is 13.9. The fourth-order valence-corrected chi connectivity index (χ4v) is 3.60. The van der Waals surface area contributed by atoms with E-state index in [0.717, 1.165) is 22.6 Å². The molecule has 0 radical (unpaired) electrons. The average Bonchev–Trinajstić information content (AvgIpc) is 2.69. The molecule has 0 aliphatic carbocycles. The Balaban J connectivity index is 0.00000240. The van der Waals surface area contributed by atoms with Crippen LogP contribution in [0.2, 0.25) is 0 Å². The molecular weight excluding hydrogens is 423 g/mol. The van der Waals surface area contributed by atoms with Gasteiger partial charge in [0, 0.05) is 6.21 Å². The number of rotatable bonds is 6. The van der Waals surface area contributed by atoms with E-state index in [1.807, 2.05) is 18.3 Å². The zero-order valence-corrected chi connectivity index (χ0v) is 20.7. The Labute approximate surface area is 199 Å². The summed E-state index contributed by atoms with van der Waals surface area (Å²) < 4.78 is 0. The van der Waals surface area contributed by atoms with E-state index < -0.39 is 0 Å². The summed E-state index contributed by atoms with van der Waals surface area (Å²) >= 11 is 0. The van der Waals surface area contributed by atoms with Gasteiger partial charge in [0.2, 0.25) is 0 Å². The van der Waals surface area contributed by atoms with Crippen LogP contribution in [0.5, 0.6) is 0 Å². The molecule has 0 unspecified atom stereocenters. The molecule has 3 aromatic rings. The van der Waals surface area contributed by atoms with Crippen LogP contribution < -0.4 is 0 Å². The molecule has 0 aliphatic heterocycles. The SMILES string of the molecule is Cc1cccc(C)c1[N-]c1ccccc1C=Nc1c(C(C)C)cccc1C(C)C.[CH3-].[Ni+2]. The fourth-order valence-electron chi connectivity index (χ4n) is 3.60. The normalized spacial score (nSPS) is 10.8. The number of nitrogens with zero attached hydrogens (tertiary/aromatic N) is 2. The molecule has 166 valence electrons. The van der Waals surface area contributed by atoms with Gasteiger partial charge >= 0.3 is 16.5 Å². The van der Waals surface area contributed by atoms with Gasteiger partial charge < -0.3 is 12.7 Å². The van der Waals surface area contributed by atoms with Crippen LogP contribution in [0.3, 0.4) is 0 Å². The standard InChI is InChI=1S/C27H31N2.CH3.Ni/c1-18(2)23-14-10-15-24(19(3)4)27(23)28-17-22-13-7-8-16-25(22)29-26-20(5)11-9-12-21(26)6;;/h7-19H,1-6H3;1H3;/q2*-1;+2. The Morgan fingerprint density at radius 3 is 1.81 bits per heavy atom. The topological polar surface area (TPSA) is 26.5 Å². The summed E-state index contributed by atoms with van der Waals surface area (Å²) in [5.74, 6) is 0.853. The average molecular weight is 457 g/mol. The maximum atomic E-state index is 4.98. The molecule has 0 amide bonds. The minimum absolute atomic E-state index is 0. The second-order valence-electron chi connectivity index (χ2n) is 8.26. The molecule has 0 fully saturated rings. The van der Waals surface area contributed by atoms with Crippen LogP contribution in [0.4, 0.5) is 17.1 Å². The van der Waals surface area contributed by atoms with Crippen LogP contribution in [0.1, 0.15) is 67.3 Å². The predicted octanol–water partition coefficient (Wildman–Crippen LogP) is 9.09. The van der Waals surface area contributed by atoms with E-state index in [2.05, 4.69) is 90.1 Å². The van der Waals surface area contributed by atoms with Crippen molar-refractivity contribution in [3.63, 3.8) is 0 Å². The van der Waals surface area contributed by atoms with Crippen molar-refractivity contribution in [2.24, 2.45) is 4.99 Å². The van der Waals surface area contributed by atoms with Crippen molar-refractivity contribution in [3.05, 3.63) is 101 Å². The summed E-state index contributed by atoms with van der Waals surface area (Å²) in [7, 11) is 0. The maximum absolute atomic E-state index is 4.98. The molecule has 0 saturated heterocycles. The Bertz CT molecular complexity index is 973. The van der Waals surface area contributed by atoms with E-state index in [-0.39, 0.29) is 23.9 Å². The Hall–Kier alpha value is -2.38. The molecule has 0 aliphatic rings. The van der Waals surface area contributed by atoms with Crippen molar-refractivity contribution >= 4 is 23.3 Å². The molecule has 0 bridgehead atoms. The van der Waals surface area contributed by atoms with Gasteiger partial charge in [0.05, 0.1) is 5.69 Å². The van der Waals surface area contributed by atoms with Crippen LogP contribution in [-0.4, -0.2) is 6.21 Å². The first kappa shape index (κ1) is 26.7. The van der Waals surface area contributed by atoms with Crippen LogP contribution >= 0.6 is 0 Å². The van der Waals surface area contributed by atoms with Gasteiger partial charge in [-0.2, -0.15) is 0 Å². The van der Waals surface area contributed by atoms with Crippen LogP contribution in [-0.2, 0) is 16.5 Å². The quantitative estimate of drug-likeness (QED) is 0.201. The minimum atomic E-state index is 0.